The van der Waals surface area contributed by atoms with Crippen molar-refractivity contribution in [3.05, 3.63) is 35.9 Å². The highest BCUT2D eigenvalue weighted by Gasteiger charge is 2.33. The Balaban J connectivity index is 1.56. The number of morpholine rings is 1. The molecule has 0 aliphatic carbocycles. The molecule has 2 fully saturated rings. The third kappa shape index (κ3) is 3.03. The zero-order chi connectivity index (χ0) is 17.2. The minimum atomic E-state index is -0.0297. The van der Waals surface area contributed by atoms with Gasteiger partial charge in [0.1, 0.15) is 11.9 Å². The van der Waals surface area contributed by atoms with Gasteiger partial charge in [-0.1, -0.05) is 18.2 Å². The van der Waals surface area contributed by atoms with Crippen LogP contribution in [0.2, 0.25) is 0 Å². The number of nitrogens with zero attached hydrogens (tertiary/aromatic N) is 4. The Morgan fingerprint density at radius 1 is 1.24 bits per heavy atom. The van der Waals surface area contributed by atoms with Crippen LogP contribution in [0.3, 0.4) is 0 Å². The Kier molecular flexibility index (Phi) is 4.24. The molecule has 0 saturated carbocycles. The number of fused-ring (bicyclic) bond motifs is 1. The van der Waals surface area contributed by atoms with Crippen molar-refractivity contribution in [2.75, 3.05) is 44.3 Å². The first-order chi connectivity index (χ1) is 12.3. The molecule has 2 aromatic rings. The van der Waals surface area contributed by atoms with E-state index in [4.69, 9.17) is 9.72 Å². The number of rotatable bonds is 2. The zero-order valence-corrected chi connectivity index (χ0v) is 14.0. The molecule has 25 heavy (non-hydrogen) atoms. The number of aromatic nitrogens is 1. The van der Waals surface area contributed by atoms with Crippen molar-refractivity contribution >= 4 is 22.6 Å². The summed E-state index contributed by atoms with van der Waals surface area (Å²) in [6.45, 7) is 3.96. The second kappa shape index (κ2) is 6.69. The van der Waals surface area contributed by atoms with Crippen LogP contribution in [-0.2, 0) is 9.53 Å². The summed E-state index contributed by atoms with van der Waals surface area (Å²) in [6, 6.07) is 11.9. The third-order valence-corrected chi connectivity index (χ3v) is 4.98. The molecule has 6 heteroatoms. The fraction of sp³-hybridized carbons (Fsp3) is 0.421. The van der Waals surface area contributed by atoms with Crippen molar-refractivity contribution in [1.82, 2.24) is 9.88 Å². The van der Waals surface area contributed by atoms with E-state index in [2.05, 4.69) is 11.0 Å². The van der Waals surface area contributed by atoms with Crippen LogP contribution in [0.15, 0.2) is 30.3 Å². The van der Waals surface area contributed by atoms with Crippen LogP contribution in [-0.4, -0.2) is 55.2 Å². The first-order valence-electron chi connectivity index (χ1n) is 8.67. The van der Waals surface area contributed by atoms with Crippen molar-refractivity contribution in [3.63, 3.8) is 0 Å². The lowest BCUT2D eigenvalue weighted by atomic mass is 10.1. The average molecular weight is 336 g/mol. The number of carbonyl (C=O) groups is 1. The molecule has 6 nitrogen and oxygen atoms in total. The van der Waals surface area contributed by atoms with Crippen molar-refractivity contribution in [2.24, 2.45) is 5.92 Å². The summed E-state index contributed by atoms with van der Waals surface area (Å²) in [5, 5.41) is 10.5. The lowest BCUT2D eigenvalue weighted by Crippen LogP contribution is -2.44. The van der Waals surface area contributed by atoms with Gasteiger partial charge in [-0.25, -0.2) is 4.98 Å². The molecule has 1 unspecified atom stereocenters. The number of ether oxygens (including phenoxy) is 1. The lowest BCUT2D eigenvalue weighted by Gasteiger charge is -2.29. The number of nitriles is 1. The van der Waals surface area contributed by atoms with Crippen molar-refractivity contribution < 1.29 is 9.53 Å². The number of carbonyl (C=O) groups excluding carboxylic acids is 1. The fourth-order valence-electron chi connectivity index (χ4n) is 3.63. The molecular formula is C19H20N4O2. The van der Waals surface area contributed by atoms with Crippen LogP contribution >= 0.6 is 0 Å². The van der Waals surface area contributed by atoms with Gasteiger partial charge < -0.3 is 14.5 Å². The summed E-state index contributed by atoms with van der Waals surface area (Å²) in [6.07, 6.45) is 0.801. The number of pyridine rings is 1. The largest absolute Gasteiger partial charge is 0.378 e. The van der Waals surface area contributed by atoms with Crippen LogP contribution in [0, 0.1) is 17.2 Å². The van der Waals surface area contributed by atoms with Gasteiger partial charge >= 0.3 is 0 Å². The standard InChI is InChI=1S/C19H20N4O2/c20-12-16-11-14-3-1-2-4-17(14)21-18(16)23-6-5-15(13-23)19(24)22-7-9-25-10-8-22/h1-4,11,15H,5-10,13H2. The number of hydrogen-bond acceptors (Lipinski definition) is 5. The number of amides is 1. The monoisotopic (exact) mass is 336 g/mol. The zero-order valence-electron chi connectivity index (χ0n) is 14.0. The maximum absolute atomic E-state index is 12.7. The van der Waals surface area contributed by atoms with Crippen LogP contribution in [0.4, 0.5) is 5.82 Å². The van der Waals surface area contributed by atoms with Crippen LogP contribution in [0.25, 0.3) is 10.9 Å². The van der Waals surface area contributed by atoms with Gasteiger partial charge in [-0.05, 0) is 18.6 Å². The topological polar surface area (TPSA) is 69.5 Å². The number of anilines is 1. The predicted molar refractivity (Wildman–Crippen MR) is 94.2 cm³/mol. The number of benzene rings is 1. The lowest BCUT2D eigenvalue weighted by molar-refractivity contribution is -0.138. The highest BCUT2D eigenvalue weighted by Crippen LogP contribution is 2.29. The molecule has 0 spiro atoms. The van der Waals surface area contributed by atoms with Crippen LogP contribution in [0.1, 0.15) is 12.0 Å². The molecule has 0 bridgehead atoms. The molecule has 2 aliphatic heterocycles. The van der Waals surface area contributed by atoms with Crippen molar-refractivity contribution in [1.29, 1.82) is 5.26 Å². The summed E-state index contributed by atoms with van der Waals surface area (Å²) in [7, 11) is 0. The Hall–Kier alpha value is -2.65. The molecule has 0 N–H and O–H groups in total. The molecule has 1 aromatic carbocycles. The van der Waals surface area contributed by atoms with E-state index in [1.54, 1.807) is 0 Å². The first kappa shape index (κ1) is 15.9. The van der Waals surface area contributed by atoms with E-state index in [0.717, 1.165) is 23.9 Å². The van der Waals surface area contributed by atoms with Gasteiger partial charge in [-0.15, -0.1) is 0 Å². The van der Waals surface area contributed by atoms with Gasteiger partial charge in [0.15, 0.2) is 0 Å². The Labute approximate surface area is 146 Å². The molecule has 1 atom stereocenters. The normalized spacial score (nSPS) is 20.7. The van der Waals surface area contributed by atoms with Gasteiger partial charge in [0.2, 0.25) is 5.91 Å². The number of hydrogen-bond donors (Lipinski definition) is 0. The fourth-order valence-corrected chi connectivity index (χ4v) is 3.63. The molecule has 1 amide bonds. The summed E-state index contributed by atoms with van der Waals surface area (Å²) in [5.41, 5.74) is 1.44. The van der Waals surface area contributed by atoms with E-state index in [9.17, 15) is 10.1 Å². The Bertz CT molecular complexity index is 839. The van der Waals surface area contributed by atoms with E-state index in [-0.39, 0.29) is 11.8 Å². The molecule has 2 aliphatic rings. The first-order valence-corrected chi connectivity index (χ1v) is 8.67. The molecule has 128 valence electrons. The number of para-hydroxylation sites is 1. The Morgan fingerprint density at radius 2 is 2.04 bits per heavy atom. The molecule has 1 aromatic heterocycles. The minimum absolute atomic E-state index is 0.0297. The van der Waals surface area contributed by atoms with E-state index >= 15 is 0 Å². The molecule has 2 saturated heterocycles. The van der Waals surface area contributed by atoms with Crippen molar-refractivity contribution in [2.45, 2.75) is 6.42 Å². The summed E-state index contributed by atoms with van der Waals surface area (Å²) in [4.78, 5) is 21.4. The summed E-state index contributed by atoms with van der Waals surface area (Å²) < 4.78 is 5.32. The van der Waals surface area contributed by atoms with Gasteiger partial charge in [-0.2, -0.15) is 5.26 Å². The SMILES string of the molecule is N#Cc1cc2ccccc2nc1N1CCC(C(=O)N2CCOCC2)C1. The maximum Gasteiger partial charge on any atom is 0.227 e. The van der Waals surface area contributed by atoms with E-state index < -0.39 is 0 Å². The van der Waals surface area contributed by atoms with Gasteiger partial charge in [-0.3, -0.25) is 4.79 Å². The van der Waals surface area contributed by atoms with E-state index in [1.807, 2.05) is 35.2 Å². The van der Waals surface area contributed by atoms with Crippen LogP contribution in [0.5, 0.6) is 0 Å². The highest BCUT2D eigenvalue weighted by atomic mass is 16.5. The summed E-state index contributed by atoms with van der Waals surface area (Å²) >= 11 is 0. The van der Waals surface area contributed by atoms with E-state index in [0.29, 0.717) is 44.2 Å². The quantitative estimate of drug-likeness (QED) is 0.836. The molecule has 4 rings (SSSR count). The second-order valence-corrected chi connectivity index (χ2v) is 6.53. The van der Waals surface area contributed by atoms with Crippen molar-refractivity contribution in [3.8, 4) is 6.07 Å². The van der Waals surface area contributed by atoms with Gasteiger partial charge in [0, 0.05) is 31.6 Å². The smallest absolute Gasteiger partial charge is 0.227 e. The third-order valence-electron chi connectivity index (χ3n) is 4.98. The average Bonchev–Trinajstić information content (AvgIpc) is 3.17. The molecule has 0 radical (unpaired) electrons. The predicted octanol–water partition coefficient (Wildman–Crippen LogP) is 1.79. The Morgan fingerprint density at radius 3 is 2.84 bits per heavy atom. The minimum Gasteiger partial charge on any atom is -0.378 e. The molecule has 3 heterocycles. The summed E-state index contributed by atoms with van der Waals surface area (Å²) in [5.74, 6) is 0.862. The molecular weight excluding hydrogens is 316 g/mol. The van der Waals surface area contributed by atoms with Gasteiger partial charge in [0.25, 0.3) is 0 Å². The van der Waals surface area contributed by atoms with E-state index in [1.165, 1.54) is 0 Å². The highest BCUT2D eigenvalue weighted by molar-refractivity contribution is 5.84. The second-order valence-electron chi connectivity index (χ2n) is 6.53. The van der Waals surface area contributed by atoms with Gasteiger partial charge in [0.05, 0.1) is 30.2 Å². The van der Waals surface area contributed by atoms with Crippen LogP contribution < -0.4 is 4.90 Å². The maximum atomic E-state index is 12.7.